The monoisotopic (exact) mass is 279 g/mol. The predicted molar refractivity (Wildman–Crippen MR) is 82.2 cm³/mol. The molecule has 0 aliphatic carbocycles. The zero-order valence-corrected chi connectivity index (χ0v) is 11.2. The second kappa shape index (κ2) is 5.58. The summed E-state index contributed by atoms with van der Waals surface area (Å²) in [6, 6.07) is 17.4. The van der Waals surface area contributed by atoms with E-state index in [1.54, 1.807) is 6.07 Å². The SMILES string of the molecule is O=[N+]([O-])c1ccc(NCc2cccc3ccccc23)cn1. The molecule has 0 saturated carbocycles. The van der Waals surface area contributed by atoms with Crippen LogP contribution in [0, 0.1) is 10.1 Å². The Balaban J connectivity index is 1.79. The van der Waals surface area contributed by atoms with E-state index in [4.69, 9.17) is 0 Å². The average molecular weight is 279 g/mol. The summed E-state index contributed by atoms with van der Waals surface area (Å²) in [7, 11) is 0. The van der Waals surface area contributed by atoms with Crippen molar-refractivity contribution in [3.63, 3.8) is 0 Å². The number of nitrogens with one attached hydrogen (secondary N) is 1. The minimum absolute atomic E-state index is 0.147. The highest BCUT2D eigenvalue weighted by Gasteiger charge is 2.06. The summed E-state index contributed by atoms with van der Waals surface area (Å²) in [6.45, 7) is 0.640. The van der Waals surface area contributed by atoms with Crippen molar-refractivity contribution in [2.45, 2.75) is 6.54 Å². The lowest BCUT2D eigenvalue weighted by molar-refractivity contribution is -0.389. The molecule has 0 fully saturated rings. The molecule has 1 N–H and O–H groups in total. The predicted octanol–water partition coefficient (Wildman–Crippen LogP) is 3.76. The van der Waals surface area contributed by atoms with Gasteiger partial charge in [0, 0.05) is 12.6 Å². The van der Waals surface area contributed by atoms with E-state index < -0.39 is 4.92 Å². The summed E-state index contributed by atoms with van der Waals surface area (Å²) in [6.07, 6.45) is 1.48. The fraction of sp³-hybridized carbons (Fsp3) is 0.0625. The van der Waals surface area contributed by atoms with Crippen LogP contribution in [0.4, 0.5) is 11.5 Å². The number of hydrogen-bond acceptors (Lipinski definition) is 4. The average Bonchev–Trinajstić information content (AvgIpc) is 2.53. The van der Waals surface area contributed by atoms with Gasteiger partial charge in [0.1, 0.15) is 0 Å². The molecule has 0 aliphatic heterocycles. The minimum atomic E-state index is -0.505. The van der Waals surface area contributed by atoms with Gasteiger partial charge < -0.3 is 15.4 Å². The smallest absolute Gasteiger partial charge is 0.363 e. The van der Waals surface area contributed by atoms with Gasteiger partial charge in [-0.1, -0.05) is 42.5 Å². The molecule has 2 aromatic carbocycles. The Morgan fingerprint density at radius 3 is 2.62 bits per heavy atom. The van der Waals surface area contributed by atoms with Gasteiger partial charge in [-0.05, 0) is 32.3 Å². The van der Waals surface area contributed by atoms with E-state index in [0.29, 0.717) is 6.54 Å². The van der Waals surface area contributed by atoms with Gasteiger partial charge in [0.2, 0.25) is 0 Å². The van der Waals surface area contributed by atoms with E-state index in [9.17, 15) is 10.1 Å². The molecule has 3 aromatic rings. The lowest BCUT2D eigenvalue weighted by Crippen LogP contribution is -2.01. The number of benzene rings is 2. The van der Waals surface area contributed by atoms with Crippen molar-refractivity contribution in [3.05, 3.63) is 76.5 Å². The molecule has 5 nitrogen and oxygen atoms in total. The summed E-state index contributed by atoms with van der Waals surface area (Å²) in [5.74, 6) is -0.147. The lowest BCUT2D eigenvalue weighted by Gasteiger charge is -2.08. The highest BCUT2D eigenvalue weighted by Crippen LogP contribution is 2.20. The second-order valence-corrected chi connectivity index (χ2v) is 4.65. The zero-order valence-electron chi connectivity index (χ0n) is 11.2. The summed E-state index contributed by atoms with van der Waals surface area (Å²) in [5.41, 5.74) is 1.93. The topological polar surface area (TPSA) is 68.1 Å². The number of aromatic nitrogens is 1. The van der Waals surface area contributed by atoms with Crippen LogP contribution in [-0.2, 0) is 6.54 Å². The Hall–Kier alpha value is -2.95. The van der Waals surface area contributed by atoms with Crippen LogP contribution in [0.25, 0.3) is 10.8 Å². The first kappa shape index (κ1) is 13.1. The van der Waals surface area contributed by atoms with Crippen LogP contribution < -0.4 is 5.32 Å². The maximum Gasteiger partial charge on any atom is 0.363 e. The van der Waals surface area contributed by atoms with Gasteiger partial charge in [0.05, 0.1) is 5.69 Å². The molecule has 0 amide bonds. The molecule has 0 bridgehead atoms. The molecule has 3 rings (SSSR count). The number of rotatable bonds is 4. The number of pyridine rings is 1. The maximum absolute atomic E-state index is 10.6. The van der Waals surface area contributed by atoms with Gasteiger partial charge >= 0.3 is 5.82 Å². The Morgan fingerprint density at radius 1 is 1.05 bits per heavy atom. The highest BCUT2D eigenvalue weighted by molar-refractivity contribution is 5.85. The molecule has 21 heavy (non-hydrogen) atoms. The van der Waals surface area contributed by atoms with Crippen LogP contribution in [-0.4, -0.2) is 9.91 Å². The van der Waals surface area contributed by atoms with Crippen LogP contribution in [0.15, 0.2) is 60.8 Å². The zero-order chi connectivity index (χ0) is 14.7. The molecule has 0 unspecified atom stereocenters. The summed E-state index contributed by atoms with van der Waals surface area (Å²) in [5, 5.41) is 16.2. The van der Waals surface area contributed by atoms with Crippen molar-refractivity contribution >= 4 is 22.3 Å². The van der Waals surface area contributed by atoms with Gasteiger partial charge in [0.25, 0.3) is 0 Å². The van der Waals surface area contributed by atoms with Crippen molar-refractivity contribution in [1.29, 1.82) is 0 Å². The summed E-state index contributed by atoms with van der Waals surface area (Å²) >= 11 is 0. The number of fused-ring (bicyclic) bond motifs is 1. The van der Waals surface area contributed by atoms with E-state index in [-0.39, 0.29) is 5.82 Å². The quantitative estimate of drug-likeness (QED) is 0.583. The standard InChI is InChI=1S/C16H13N3O2/c20-19(21)16-9-8-14(11-18-16)17-10-13-6-3-5-12-4-1-2-7-15(12)13/h1-9,11,17H,10H2. The normalized spacial score (nSPS) is 10.5. The van der Waals surface area contributed by atoms with Gasteiger partial charge in [-0.15, -0.1) is 0 Å². The van der Waals surface area contributed by atoms with E-state index in [1.807, 2.05) is 18.2 Å². The Morgan fingerprint density at radius 2 is 1.86 bits per heavy atom. The lowest BCUT2D eigenvalue weighted by atomic mass is 10.0. The Bertz CT molecular complexity index is 780. The molecular formula is C16H13N3O2. The number of nitrogens with zero attached hydrogens (tertiary/aromatic N) is 2. The van der Waals surface area contributed by atoms with Gasteiger partial charge in [-0.25, -0.2) is 0 Å². The van der Waals surface area contributed by atoms with Crippen molar-refractivity contribution < 1.29 is 4.92 Å². The fourth-order valence-electron chi connectivity index (χ4n) is 2.24. The Kier molecular flexibility index (Phi) is 3.47. The molecule has 5 heteroatoms. The van der Waals surface area contributed by atoms with E-state index in [2.05, 4.69) is 34.6 Å². The molecule has 1 aromatic heterocycles. The van der Waals surface area contributed by atoms with Crippen molar-refractivity contribution in [1.82, 2.24) is 4.98 Å². The van der Waals surface area contributed by atoms with Gasteiger partial charge in [-0.3, -0.25) is 0 Å². The number of anilines is 1. The third-order valence-electron chi connectivity index (χ3n) is 3.30. The summed E-state index contributed by atoms with van der Waals surface area (Å²) in [4.78, 5) is 13.8. The van der Waals surface area contributed by atoms with Crippen LogP contribution in [0.2, 0.25) is 0 Å². The molecule has 0 radical (unpaired) electrons. The van der Waals surface area contributed by atoms with Crippen LogP contribution >= 0.6 is 0 Å². The van der Waals surface area contributed by atoms with Crippen LogP contribution in [0.5, 0.6) is 0 Å². The molecule has 0 aliphatic rings. The highest BCUT2D eigenvalue weighted by atomic mass is 16.6. The van der Waals surface area contributed by atoms with Crippen LogP contribution in [0.3, 0.4) is 0 Å². The van der Waals surface area contributed by atoms with Crippen molar-refractivity contribution in [2.75, 3.05) is 5.32 Å². The second-order valence-electron chi connectivity index (χ2n) is 4.65. The first-order valence-corrected chi connectivity index (χ1v) is 6.55. The third-order valence-corrected chi connectivity index (χ3v) is 3.30. The fourth-order valence-corrected chi connectivity index (χ4v) is 2.24. The van der Waals surface area contributed by atoms with Crippen molar-refractivity contribution in [2.24, 2.45) is 0 Å². The minimum Gasteiger partial charge on any atom is -0.378 e. The first-order chi connectivity index (χ1) is 10.2. The molecule has 0 atom stereocenters. The largest absolute Gasteiger partial charge is 0.378 e. The molecule has 0 saturated heterocycles. The number of hydrogen-bond donors (Lipinski definition) is 1. The molecular weight excluding hydrogens is 266 g/mol. The third kappa shape index (κ3) is 2.81. The van der Waals surface area contributed by atoms with E-state index >= 15 is 0 Å². The van der Waals surface area contributed by atoms with E-state index in [0.717, 1.165) is 5.69 Å². The van der Waals surface area contributed by atoms with E-state index in [1.165, 1.54) is 28.6 Å². The number of nitro groups is 1. The molecule has 104 valence electrons. The molecule has 1 heterocycles. The maximum atomic E-state index is 10.6. The summed E-state index contributed by atoms with van der Waals surface area (Å²) < 4.78 is 0. The first-order valence-electron chi connectivity index (χ1n) is 6.55. The van der Waals surface area contributed by atoms with Gasteiger partial charge in [0.15, 0.2) is 6.20 Å². The van der Waals surface area contributed by atoms with Gasteiger partial charge in [-0.2, -0.15) is 0 Å². The Labute approximate surface area is 121 Å². The van der Waals surface area contributed by atoms with Crippen molar-refractivity contribution in [3.8, 4) is 0 Å². The molecule has 0 spiro atoms. The van der Waals surface area contributed by atoms with Crippen LogP contribution in [0.1, 0.15) is 5.56 Å².